The number of hydrogen-bond acceptors (Lipinski definition) is 5. The first-order chi connectivity index (χ1) is 19.1. The first kappa shape index (κ1) is 25.9. The van der Waals surface area contributed by atoms with Crippen LogP contribution < -0.4 is 10.4 Å². The highest BCUT2D eigenvalue weighted by atomic mass is 28.4. The van der Waals surface area contributed by atoms with Crippen molar-refractivity contribution in [3.05, 3.63) is 96.7 Å². The molecular weight excluding hydrogens is 518 g/mol. The summed E-state index contributed by atoms with van der Waals surface area (Å²) in [5, 5.41) is 3.21. The monoisotopic (exact) mass is 553 g/mol. The van der Waals surface area contributed by atoms with Gasteiger partial charge in [0.15, 0.2) is 5.79 Å². The number of benzene rings is 3. The predicted molar refractivity (Wildman–Crippen MR) is 157 cm³/mol. The van der Waals surface area contributed by atoms with Crippen molar-refractivity contribution >= 4 is 35.5 Å². The minimum atomic E-state index is -2.82. The Hall–Kier alpha value is -3.07. The van der Waals surface area contributed by atoms with Gasteiger partial charge < -0.3 is 18.6 Å². The van der Waals surface area contributed by atoms with E-state index in [9.17, 15) is 4.79 Å². The molecule has 7 rings (SSSR count). The molecule has 3 aliphatic rings. The van der Waals surface area contributed by atoms with Gasteiger partial charge in [0.05, 0.1) is 17.8 Å². The van der Waals surface area contributed by atoms with Crippen LogP contribution in [0.1, 0.15) is 51.2 Å². The molecule has 206 valence electrons. The molecule has 3 aromatic carbocycles. The molecule has 1 spiro atoms. The molecule has 0 unspecified atom stereocenters. The number of carbonyl (C=O) groups is 1. The Morgan fingerprint density at radius 2 is 1.50 bits per heavy atom. The number of ether oxygens (including phenoxy) is 3. The molecule has 4 heterocycles. The Morgan fingerprint density at radius 1 is 0.900 bits per heavy atom. The number of fused-ring (bicyclic) bond motifs is 4. The van der Waals surface area contributed by atoms with Crippen molar-refractivity contribution in [3.63, 3.8) is 0 Å². The third-order valence-electron chi connectivity index (χ3n) is 8.71. The lowest BCUT2D eigenvalue weighted by atomic mass is 9.91. The number of aromatic nitrogens is 1. The fourth-order valence-corrected chi connectivity index (χ4v) is 11.8. The van der Waals surface area contributed by atoms with Crippen molar-refractivity contribution < 1.29 is 23.4 Å². The lowest BCUT2D eigenvalue weighted by Gasteiger charge is -2.43. The molecule has 0 aliphatic carbocycles. The van der Waals surface area contributed by atoms with Crippen LogP contribution in [0.4, 0.5) is 0 Å². The van der Waals surface area contributed by atoms with Gasteiger partial charge in [-0.3, -0.25) is 9.36 Å². The van der Waals surface area contributed by atoms with E-state index >= 15 is 0 Å². The summed E-state index contributed by atoms with van der Waals surface area (Å²) < 4.78 is 28.8. The van der Waals surface area contributed by atoms with Gasteiger partial charge in [-0.2, -0.15) is 0 Å². The second-order valence-electron chi connectivity index (χ2n) is 12.6. The van der Waals surface area contributed by atoms with E-state index in [0.29, 0.717) is 0 Å². The Kier molecular flexibility index (Phi) is 5.63. The fraction of sp³-hybridized carbons (Fsp3) is 0.364. The summed E-state index contributed by atoms with van der Waals surface area (Å²) in [6, 6.07) is 31.1. The zero-order valence-electron chi connectivity index (χ0n) is 23.6. The minimum absolute atomic E-state index is 0.128. The molecule has 4 atom stereocenters. The molecule has 1 aromatic heterocycles. The van der Waals surface area contributed by atoms with Crippen LogP contribution in [0.15, 0.2) is 91.0 Å². The summed E-state index contributed by atoms with van der Waals surface area (Å²) in [4.78, 5) is 14.2. The van der Waals surface area contributed by atoms with Crippen LogP contribution in [0.3, 0.4) is 0 Å². The summed E-state index contributed by atoms with van der Waals surface area (Å²) in [6.45, 7) is 10.8. The third-order valence-corrected chi connectivity index (χ3v) is 13.7. The van der Waals surface area contributed by atoms with E-state index in [4.69, 9.17) is 18.6 Å². The normalized spacial score (nSPS) is 27.1. The van der Waals surface area contributed by atoms with Gasteiger partial charge in [0.25, 0.3) is 14.2 Å². The maximum atomic E-state index is 14.2. The van der Waals surface area contributed by atoms with Crippen LogP contribution in [0.2, 0.25) is 5.04 Å². The number of nitrogens with zero attached hydrogens (tertiary/aromatic N) is 1. The first-order valence-electron chi connectivity index (χ1n) is 14.0. The molecule has 40 heavy (non-hydrogen) atoms. The summed E-state index contributed by atoms with van der Waals surface area (Å²) in [5.74, 6) is -1.06. The molecule has 0 amide bonds. The van der Waals surface area contributed by atoms with E-state index in [1.165, 1.54) is 10.4 Å². The van der Waals surface area contributed by atoms with Gasteiger partial charge >= 0.3 is 0 Å². The molecule has 6 nitrogen and oxygen atoms in total. The van der Waals surface area contributed by atoms with Crippen molar-refractivity contribution in [2.75, 3.05) is 6.61 Å². The quantitative estimate of drug-likeness (QED) is 0.318. The Bertz CT molecular complexity index is 1550. The molecule has 0 bridgehead atoms. The molecule has 0 saturated carbocycles. The molecule has 7 heteroatoms. The van der Waals surface area contributed by atoms with Crippen molar-refractivity contribution in [2.24, 2.45) is 0 Å². The van der Waals surface area contributed by atoms with Gasteiger partial charge in [-0.25, -0.2) is 0 Å². The van der Waals surface area contributed by atoms with Gasteiger partial charge in [-0.15, -0.1) is 0 Å². The maximum Gasteiger partial charge on any atom is 0.269 e. The van der Waals surface area contributed by atoms with E-state index in [1.807, 2.05) is 56.3 Å². The number of para-hydroxylation sites is 1. The smallest absolute Gasteiger partial charge is 0.269 e. The number of hydrogen-bond donors (Lipinski definition) is 0. The Balaban J connectivity index is 1.31. The van der Waals surface area contributed by atoms with Crippen LogP contribution >= 0.6 is 0 Å². The summed E-state index contributed by atoms with van der Waals surface area (Å²) in [7, 11) is -2.82. The van der Waals surface area contributed by atoms with Gasteiger partial charge in [0, 0.05) is 5.39 Å². The molecule has 0 N–H and O–H groups in total. The van der Waals surface area contributed by atoms with Gasteiger partial charge in [-0.05, 0) is 41.4 Å². The fourth-order valence-electron chi connectivity index (χ4n) is 7.22. The zero-order chi connectivity index (χ0) is 27.9. The van der Waals surface area contributed by atoms with Crippen molar-refractivity contribution in [1.29, 1.82) is 0 Å². The number of carbonyl (C=O) groups excluding carboxylic acids is 1. The van der Waals surface area contributed by atoms with Crippen LogP contribution in [0, 0.1) is 0 Å². The van der Waals surface area contributed by atoms with E-state index in [2.05, 4.69) is 69.3 Å². The average Bonchev–Trinajstić information content (AvgIpc) is 3.59. The van der Waals surface area contributed by atoms with E-state index in [-0.39, 0.29) is 17.6 Å². The van der Waals surface area contributed by atoms with E-state index in [0.717, 1.165) is 16.6 Å². The highest BCUT2D eigenvalue weighted by molar-refractivity contribution is 6.99. The van der Waals surface area contributed by atoms with E-state index in [1.54, 1.807) is 4.57 Å². The van der Waals surface area contributed by atoms with Gasteiger partial charge in [0.2, 0.25) is 5.60 Å². The molecular formula is C33H35NO5Si. The predicted octanol–water partition coefficient (Wildman–Crippen LogP) is 5.20. The summed E-state index contributed by atoms with van der Waals surface area (Å²) >= 11 is 0. The van der Waals surface area contributed by atoms with Crippen molar-refractivity contribution in [1.82, 2.24) is 4.57 Å². The second kappa shape index (κ2) is 8.71. The zero-order valence-corrected chi connectivity index (χ0v) is 24.6. The lowest BCUT2D eigenvalue weighted by Crippen LogP contribution is -2.67. The molecule has 3 aliphatic heterocycles. The van der Waals surface area contributed by atoms with Crippen LogP contribution in [-0.2, 0) is 18.6 Å². The topological polar surface area (TPSA) is 58.9 Å². The lowest BCUT2D eigenvalue weighted by molar-refractivity contribution is -0.199. The highest BCUT2D eigenvalue weighted by Gasteiger charge is 2.74. The largest absolute Gasteiger partial charge is 0.405 e. The highest BCUT2D eigenvalue weighted by Crippen LogP contribution is 2.58. The summed E-state index contributed by atoms with van der Waals surface area (Å²) in [6.07, 6.45) is -1.66. The third kappa shape index (κ3) is 3.45. The average molecular weight is 554 g/mol. The molecule has 4 aromatic rings. The van der Waals surface area contributed by atoms with Crippen molar-refractivity contribution in [3.8, 4) is 0 Å². The van der Waals surface area contributed by atoms with Gasteiger partial charge in [-0.1, -0.05) is 99.6 Å². The summed E-state index contributed by atoms with van der Waals surface area (Å²) in [5.41, 5.74) is 0.426. The van der Waals surface area contributed by atoms with Crippen LogP contribution in [-0.4, -0.2) is 49.0 Å². The van der Waals surface area contributed by atoms with Crippen LogP contribution in [0.5, 0.6) is 0 Å². The van der Waals surface area contributed by atoms with Gasteiger partial charge in [0.1, 0.15) is 18.3 Å². The Morgan fingerprint density at radius 3 is 2.12 bits per heavy atom. The van der Waals surface area contributed by atoms with Crippen molar-refractivity contribution in [2.45, 2.75) is 69.4 Å². The SMILES string of the molecule is CC1(C)O[C@H]2[C@H](CO[Si](c3ccccc3)(c3ccccc3)C(C)(C)C)O[C@@H]3c4cc5ccccc5n4C(=O)[C@@]32O1. The van der Waals surface area contributed by atoms with E-state index < -0.39 is 38.0 Å². The first-order valence-corrected chi connectivity index (χ1v) is 15.9. The standard InChI is InChI=1S/C33H35NO5Si/c1-31(2,3)40(23-15-8-6-9-16-23,24-17-10-7-11-18-24)36-21-27-29-33(39-32(4,5)38-29)28(37-27)26-20-22-14-12-13-19-25(22)34(26)30(33)35/h6-20,27-29H,21H2,1-5H3/t27-,28+,29-,33+/m0/s1. The Labute approximate surface area is 235 Å². The number of rotatable bonds is 5. The molecule has 0 radical (unpaired) electrons. The second-order valence-corrected chi connectivity index (χ2v) is 16.9. The molecule has 2 fully saturated rings. The van der Waals surface area contributed by atoms with Crippen LogP contribution in [0.25, 0.3) is 10.9 Å². The molecule has 2 saturated heterocycles. The minimum Gasteiger partial charge on any atom is -0.405 e. The maximum absolute atomic E-state index is 14.2.